The van der Waals surface area contributed by atoms with E-state index in [2.05, 4.69) is 44.9 Å². The Labute approximate surface area is 123 Å². The Hall–Kier alpha value is -0.0400. The minimum atomic E-state index is 0. The van der Waals surface area contributed by atoms with Crippen molar-refractivity contribution in [2.75, 3.05) is 13.7 Å². The summed E-state index contributed by atoms with van der Waals surface area (Å²) in [5, 5.41) is 3.13. The van der Waals surface area contributed by atoms with E-state index in [0.29, 0.717) is 18.5 Å². The normalized spacial score (nSPS) is 16.0. The molecule has 0 aromatic carbocycles. The molecule has 0 aromatic heterocycles. The second kappa shape index (κ2) is 8.97. The third-order valence-corrected chi connectivity index (χ3v) is 2.68. The molecule has 17 heavy (non-hydrogen) atoms. The Kier molecular flexibility index (Phi) is 10.2. The summed E-state index contributed by atoms with van der Waals surface area (Å²) in [5.41, 5.74) is 5.86. The molecule has 104 valence electrons. The monoisotopic (exact) mass is 357 g/mol. The fraction of sp³-hybridized carbons (Fsp3) is 0.917. The van der Waals surface area contributed by atoms with E-state index in [9.17, 15) is 0 Å². The Morgan fingerprint density at radius 3 is 2.29 bits per heavy atom. The van der Waals surface area contributed by atoms with Crippen LogP contribution in [-0.4, -0.2) is 31.8 Å². The number of ether oxygens (including phenoxy) is 1. The van der Waals surface area contributed by atoms with Crippen molar-refractivity contribution in [2.24, 2.45) is 16.1 Å². The molecular formula is C12H28IN3O. The third kappa shape index (κ3) is 8.65. The molecule has 0 heterocycles. The molecule has 0 aromatic rings. The van der Waals surface area contributed by atoms with Crippen molar-refractivity contribution in [3.8, 4) is 0 Å². The quantitative estimate of drug-likeness (QED) is 0.451. The van der Waals surface area contributed by atoms with Gasteiger partial charge in [0.25, 0.3) is 0 Å². The standard InChI is InChI=1S/C12H27N3O.HI/c1-7-9(2)15-11(13)14-8-10(16-6)12(3,4)5;/h9-10H,7-8H2,1-6H3,(H3,13,14,15);1H. The second-order valence-electron chi connectivity index (χ2n) is 5.27. The van der Waals surface area contributed by atoms with E-state index in [4.69, 9.17) is 10.5 Å². The van der Waals surface area contributed by atoms with Crippen molar-refractivity contribution < 1.29 is 4.74 Å². The summed E-state index contributed by atoms with van der Waals surface area (Å²) in [7, 11) is 1.71. The van der Waals surface area contributed by atoms with Crippen LogP contribution in [0.1, 0.15) is 41.0 Å². The van der Waals surface area contributed by atoms with Gasteiger partial charge in [-0.05, 0) is 18.8 Å². The zero-order valence-electron chi connectivity index (χ0n) is 11.9. The minimum absolute atomic E-state index is 0. The highest BCUT2D eigenvalue weighted by Gasteiger charge is 2.23. The van der Waals surface area contributed by atoms with E-state index < -0.39 is 0 Å². The predicted molar refractivity (Wildman–Crippen MR) is 85.0 cm³/mol. The van der Waals surface area contributed by atoms with Crippen LogP contribution in [0.15, 0.2) is 4.99 Å². The summed E-state index contributed by atoms with van der Waals surface area (Å²) in [6, 6.07) is 0.361. The second-order valence-corrected chi connectivity index (χ2v) is 5.27. The molecule has 0 aliphatic heterocycles. The largest absolute Gasteiger partial charge is 0.379 e. The average Bonchev–Trinajstić information content (AvgIpc) is 2.16. The van der Waals surface area contributed by atoms with Gasteiger partial charge in [-0.2, -0.15) is 0 Å². The van der Waals surface area contributed by atoms with E-state index in [1.165, 1.54) is 0 Å². The van der Waals surface area contributed by atoms with Crippen molar-refractivity contribution in [1.29, 1.82) is 0 Å². The van der Waals surface area contributed by atoms with E-state index in [1.54, 1.807) is 7.11 Å². The first-order valence-electron chi connectivity index (χ1n) is 5.90. The Morgan fingerprint density at radius 2 is 1.94 bits per heavy atom. The molecule has 0 fully saturated rings. The van der Waals surface area contributed by atoms with Crippen molar-refractivity contribution in [2.45, 2.75) is 53.2 Å². The Balaban J connectivity index is 0. The molecule has 0 saturated carbocycles. The van der Waals surface area contributed by atoms with Gasteiger partial charge in [0.1, 0.15) is 0 Å². The van der Waals surface area contributed by atoms with Gasteiger partial charge >= 0.3 is 0 Å². The molecule has 0 bridgehead atoms. The summed E-state index contributed by atoms with van der Waals surface area (Å²) in [6.07, 6.45) is 1.12. The van der Waals surface area contributed by atoms with Crippen LogP contribution in [0.2, 0.25) is 0 Å². The topological polar surface area (TPSA) is 59.6 Å². The maximum atomic E-state index is 5.78. The zero-order chi connectivity index (χ0) is 12.8. The van der Waals surface area contributed by atoms with E-state index in [0.717, 1.165) is 6.42 Å². The van der Waals surface area contributed by atoms with Crippen LogP contribution in [0.3, 0.4) is 0 Å². The van der Waals surface area contributed by atoms with Gasteiger partial charge in [-0.1, -0.05) is 27.7 Å². The van der Waals surface area contributed by atoms with Crippen LogP contribution in [0, 0.1) is 5.41 Å². The highest BCUT2D eigenvalue weighted by Crippen LogP contribution is 2.21. The molecular weight excluding hydrogens is 329 g/mol. The maximum absolute atomic E-state index is 5.78. The number of halogens is 1. The van der Waals surface area contributed by atoms with Gasteiger partial charge in [0.05, 0.1) is 12.6 Å². The van der Waals surface area contributed by atoms with Crippen molar-refractivity contribution in [3.63, 3.8) is 0 Å². The fourth-order valence-corrected chi connectivity index (χ4v) is 1.28. The molecule has 0 spiro atoms. The number of guanidine groups is 1. The highest BCUT2D eigenvalue weighted by atomic mass is 127. The van der Waals surface area contributed by atoms with Gasteiger partial charge in [0.15, 0.2) is 5.96 Å². The molecule has 0 amide bonds. The predicted octanol–water partition coefficient (Wildman–Crippen LogP) is 2.37. The van der Waals surface area contributed by atoms with Crippen molar-refractivity contribution in [3.05, 3.63) is 0 Å². The molecule has 0 rings (SSSR count). The summed E-state index contributed by atoms with van der Waals surface area (Å²) in [6.45, 7) is 11.2. The first kappa shape index (κ1) is 19.3. The van der Waals surface area contributed by atoms with Crippen LogP contribution in [0.25, 0.3) is 0 Å². The molecule has 2 atom stereocenters. The summed E-state index contributed by atoms with van der Waals surface area (Å²) < 4.78 is 5.41. The zero-order valence-corrected chi connectivity index (χ0v) is 14.2. The molecule has 4 nitrogen and oxygen atoms in total. The molecule has 0 aliphatic carbocycles. The SMILES string of the molecule is CCC(C)NC(N)=NCC(OC)C(C)(C)C.I. The lowest BCUT2D eigenvalue weighted by Gasteiger charge is -2.28. The summed E-state index contributed by atoms with van der Waals surface area (Å²) in [5.74, 6) is 0.501. The number of nitrogens with zero attached hydrogens (tertiary/aromatic N) is 1. The molecule has 5 heteroatoms. The fourth-order valence-electron chi connectivity index (χ4n) is 1.28. The number of nitrogens with one attached hydrogen (secondary N) is 1. The third-order valence-electron chi connectivity index (χ3n) is 2.68. The smallest absolute Gasteiger partial charge is 0.188 e. The maximum Gasteiger partial charge on any atom is 0.188 e. The van der Waals surface area contributed by atoms with Crippen molar-refractivity contribution >= 4 is 29.9 Å². The number of aliphatic imine (C=N–C) groups is 1. The highest BCUT2D eigenvalue weighted by molar-refractivity contribution is 14.0. The first-order valence-corrected chi connectivity index (χ1v) is 5.90. The molecule has 0 aliphatic rings. The number of nitrogens with two attached hydrogens (primary N) is 1. The van der Waals surface area contributed by atoms with E-state index in [-0.39, 0.29) is 35.5 Å². The number of hydrogen-bond donors (Lipinski definition) is 2. The van der Waals surface area contributed by atoms with Crippen LogP contribution in [0.5, 0.6) is 0 Å². The first-order chi connectivity index (χ1) is 7.31. The number of methoxy groups -OCH3 is 1. The Bertz CT molecular complexity index is 226. The van der Waals surface area contributed by atoms with Gasteiger partial charge < -0.3 is 15.8 Å². The average molecular weight is 357 g/mol. The number of rotatable bonds is 5. The summed E-state index contributed by atoms with van der Waals surface area (Å²) >= 11 is 0. The lowest BCUT2D eigenvalue weighted by Crippen LogP contribution is -2.39. The minimum Gasteiger partial charge on any atom is -0.379 e. The van der Waals surface area contributed by atoms with E-state index >= 15 is 0 Å². The van der Waals surface area contributed by atoms with Gasteiger partial charge in [0.2, 0.25) is 0 Å². The van der Waals surface area contributed by atoms with E-state index in [1.807, 2.05) is 0 Å². The molecule has 2 unspecified atom stereocenters. The lowest BCUT2D eigenvalue weighted by atomic mass is 9.89. The molecule has 3 N–H and O–H groups in total. The van der Waals surface area contributed by atoms with Crippen molar-refractivity contribution in [1.82, 2.24) is 5.32 Å². The van der Waals surface area contributed by atoms with Gasteiger partial charge in [-0.15, -0.1) is 24.0 Å². The molecule has 0 radical (unpaired) electrons. The van der Waals surface area contributed by atoms with Crippen LogP contribution in [0.4, 0.5) is 0 Å². The van der Waals surface area contributed by atoms with Crippen LogP contribution in [-0.2, 0) is 4.74 Å². The van der Waals surface area contributed by atoms with Gasteiger partial charge in [-0.3, -0.25) is 4.99 Å². The van der Waals surface area contributed by atoms with Gasteiger partial charge in [-0.25, -0.2) is 0 Å². The van der Waals surface area contributed by atoms with Gasteiger partial charge in [0, 0.05) is 13.2 Å². The lowest BCUT2D eigenvalue weighted by molar-refractivity contribution is 0.0241. The Morgan fingerprint density at radius 1 is 1.41 bits per heavy atom. The molecule has 0 saturated heterocycles. The summed E-state index contributed by atoms with van der Waals surface area (Å²) in [4.78, 5) is 4.31. The van der Waals surface area contributed by atoms with Crippen LogP contribution < -0.4 is 11.1 Å². The number of hydrogen-bond acceptors (Lipinski definition) is 2. The van der Waals surface area contributed by atoms with Crippen LogP contribution >= 0.6 is 24.0 Å².